The number of anilines is 1. The van der Waals surface area contributed by atoms with Gasteiger partial charge in [-0.2, -0.15) is 4.31 Å². The number of nitrogens with zero attached hydrogens (tertiary/aromatic N) is 3. The SMILES string of the molecule is O=C(Cc1ccc(S(=O)(=O)N2CCCCC2)cc1)Nc1nnc(SCc2ccccc2)s1. The van der Waals surface area contributed by atoms with Crippen molar-refractivity contribution in [2.24, 2.45) is 0 Å². The molecule has 1 saturated heterocycles. The van der Waals surface area contributed by atoms with E-state index in [0.29, 0.717) is 18.2 Å². The topological polar surface area (TPSA) is 92.3 Å². The molecule has 1 fully saturated rings. The minimum absolute atomic E-state index is 0.135. The lowest BCUT2D eigenvalue weighted by Gasteiger charge is -2.25. The second-order valence-corrected chi connectivity index (χ2v) is 11.6. The van der Waals surface area contributed by atoms with Crippen LogP contribution in [0.2, 0.25) is 0 Å². The van der Waals surface area contributed by atoms with Crippen LogP contribution in [-0.4, -0.2) is 41.9 Å². The van der Waals surface area contributed by atoms with Crippen LogP contribution in [-0.2, 0) is 27.0 Å². The number of piperidine rings is 1. The van der Waals surface area contributed by atoms with Crippen molar-refractivity contribution in [1.82, 2.24) is 14.5 Å². The number of carbonyl (C=O) groups excluding carboxylic acids is 1. The maximum absolute atomic E-state index is 12.7. The quantitative estimate of drug-likeness (QED) is 0.378. The Morgan fingerprint density at radius 2 is 1.69 bits per heavy atom. The molecule has 168 valence electrons. The third-order valence-electron chi connectivity index (χ3n) is 5.10. The third-order valence-corrected chi connectivity index (χ3v) is 9.05. The molecular weight excluding hydrogens is 464 g/mol. The Balaban J connectivity index is 1.30. The fraction of sp³-hybridized carbons (Fsp3) is 0.318. The monoisotopic (exact) mass is 488 g/mol. The van der Waals surface area contributed by atoms with Gasteiger partial charge < -0.3 is 5.32 Å². The van der Waals surface area contributed by atoms with Crippen LogP contribution in [0.15, 0.2) is 63.8 Å². The lowest BCUT2D eigenvalue weighted by molar-refractivity contribution is -0.115. The Labute approximate surface area is 196 Å². The van der Waals surface area contributed by atoms with Crippen molar-refractivity contribution in [2.75, 3.05) is 18.4 Å². The van der Waals surface area contributed by atoms with Crippen molar-refractivity contribution >= 4 is 44.2 Å². The molecule has 1 amide bonds. The summed E-state index contributed by atoms with van der Waals surface area (Å²) in [6.07, 6.45) is 3.00. The smallest absolute Gasteiger partial charge is 0.243 e. The second-order valence-electron chi connectivity index (χ2n) is 7.48. The van der Waals surface area contributed by atoms with Crippen molar-refractivity contribution in [2.45, 2.75) is 40.7 Å². The van der Waals surface area contributed by atoms with Crippen molar-refractivity contribution in [3.8, 4) is 0 Å². The van der Waals surface area contributed by atoms with Crippen LogP contribution in [0.4, 0.5) is 5.13 Å². The molecule has 0 aliphatic carbocycles. The van der Waals surface area contributed by atoms with Gasteiger partial charge in [-0.3, -0.25) is 4.79 Å². The lowest BCUT2D eigenvalue weighted by Crippen LogP contribution is -2.35. The molecule has 1 aliphatic heterocycles. The van der Waals surface area contributed by atoms with Gasteiger partial charge in [0.05, 0.1) is 11.3 Å². The number of aromatic nitrogens is 2. The first-order valence-electron chi connectivity index (χ1n) is 10.4. The predicted molar refractivity (Wildman–Crippen MR) is 127 cm³/mol. The Morgan fingerprint density at radius 1 is 0.969 bits per heavy atom. The molecule has 0 unspecified atom stereocenters. The first-order chi connectivity index (χ1) is 15.5. The normalized spacial score (nSPS) is 14.9. The summed E-state index contributed by atoms with van der Waals surface area (Å²) in [5, 5.41) is 11.4. The van der Waals surface area contributed by atoms with Gasteiger partial charge in [0.15, 0.2) is 4.34 Å². The van der Waals surface area contributed by atoms with Gasteiger partial charge in [0.25, 0.3) is 0 Å². The summed E-state index contributed by atoms with van der Waals surface area (Å²) in [7, 11) is -3.46. The van der Waals surface area contributed by atoms with E-state index in [1.54, 1.807) is 40.3 Å². The van der Waals surface area contributed by atoms with Crippen LogP contribution >= 0.6 is 23.1 Å². The molecule has 32 heavy (non-hydrogen) atoms. The minimum atomic E-state index is -3.46. The maximum atomic E-state index is 12.7. The molecule has 0 spiro atoms. The number of nitrogens with one attached hydrogen (secondary N) is 1. The molecule has 1 aliphatic rings. The highest BCUT2D eigenvalue weighted by atomic mass is 32.2. The first kappa shape index (κ1) is 22.9. The van der Waals surface area contributed by atoms with Gasteiger partial charge in [0.2, 0.25) is 21.1 Å². The van der Waals surface area contributed by atoms with E-state index in [0.717, 1.165) is 34.9 Å². The highest BCUT2D eigenvalue weighted by molar-refractivity contribution is 8.00. The number of carbonyl (C=O) groups is 1. The molecule has 1 N–H and O–H groups in total. The highest BCUT2D eigenvalue weighted by Crippen LogP contribution is 2.28. The zero-order chi connectivity index (χ0) is 22.4. The number of sulfonamides is 1. The number of hydrogen-bond donors (Lipinski definition) is 1. The van der Waals surface area contributed by atoms with Crippen LogP contribution in [0, 0.1) is 0 Å². The van der Waals surface area contributed by atoms with E-state index >= 15 is 0 Å². The Hall–Kier alpha value is -2.27. The van der Waals surface area contributed by atoms with Crippen molar-refractivity contribution < 1.29 is 13.2 Å². The third kappa shape index (κ3) is 5.94. The van der Waals surface area contributed by atoms with Crippen molar-refractivity contribution in [3.05, 3.63) is 65.7 Å². The summed E-state index contributed by atoms with van der Waals surface area (Å²) in [6, 6.07) is 16.6. The van der Waals surface area contributed by atoms with Crippen LogP contribution in [0.3, 0.4) is 0 Å². The molecule has 2 aromatic carbocycles. The lowest BCUT2D eigenvalue weighted by atomic mass is 10.1. The van der Waals surface area contributed by atoms with Gasteiger partial charge in [0, 0.05) is 18.8 Å². The molecule has 10 heteroatoms. The zero-order valence-corrected chi connectivity index (χ0v) is 19.9. The molecule has 0 saturated carbocycles. The van der Waals surface area contributed by atoms with Gasteiger partial charge in [-0.25, -0.2) is 8.42 Å². The molecule has 0 radical (unpaired) electrons. The first-order valence-corrected chi connectivity index (χ1v) is 13.6. The van der Waals surface area contributed by atoms with Crippen molar-refractivity contribution in [3.63, 3.8) is 0 Å². The Kier molecular flexibility index (Phi) is 7.56. The second kappa shape index (κ2) is 10.6. The van der Waals surface area contributed by atoms with E-state index in [-0.39, 0.29) is 17.2 Å². The van der Waals surface area contributed by atoms with Gasteiger partial charge in [-0.05, 0) is 36.1 Å². The fourth-order valence-electron chi connectivity index (χ4n) is 3.42. The predicted octanol–water partition coefficient (Wildman–Crippen LogP) is 4.19. The Morgan fingerprint density at radius 3 is 2.41 bits per heavy atom. The molecule has 2 heterocycles. The number of rotatable bonds is 8. The average molecular weight is 489 g/mol. The molecule has 4 rings (SSSR count). The largest absolute Gasteiger partial charge is 0.300 e. The fourth-order valence-corrected chi connectivity index (χ4v) is 6.66. The van der Waals surface area contributed by atoms with Crippen LogP contribution < -0.4 is 5.32 Å². The average Bonchev–Trinajstić information content (AvgIpc) is 3.26. The van der Waals surface area contributed by atoms with E-state index < -0.39 is 10.0 Å². The summed E-state index contributed by atoms with van der Waals surface area (Å²) in [6.45, 7) is 1.14. The summed E-state index contributed by atoms with van der Waals surface area (Å²) < 4.78 is 27.8. The maximum Gasteiger partial charge on any atom is 0.243 e. The van der Waals surface area contributed by atoms with E-state index in [9.17, 15) is 13.2 Å². The van der Waals surface area contributed by atoms with E-state index in [1.165, 1.54) is 16.9 Å². The van der Waals surface area contributed by atoms with Gasteiger partial charge in [-0.15, -0.1) is 10.2 Å². The molecule has 0 bridgehead atoms. The zero-order valence-electron chi connectivity index (χ0n) is 17.4. The number of amides is 1. The van der Waals surface area contributed by atoms with Gasteiger partial charge >= 0.3 is 0 Å². The molecule has 1 aromatic heterocycles. The van der Waals surface area contributed by atoms with Gasteiger partial charge in [0.1, 0.15) is 0 Å². The summed E-state index contributed by atoms with van der Waals surface area (Å²) in [5.74, 6) is 0.572. The number of hydrogen-bond acceptors (Lipinski definition) is 7. The number of thioether (sulfide) groups is 1. The highest BCUT2D eigenvalue weighted by Gasteiger charge is 2.25. The van der Waals surface area contributed by atoms with E-state index in [2.05, 4.69) is 27.6 Å². The number of benzene rings is 2. The summed E-state index contributed by atoms with van der Waals surface area (Å²) in [5.41, 5.74) is 1.94. The minimum Gasteiger partial charge on any atom is -0.300 e. The standard InChI is InChI=1S/C22H24N4O3S3/c27-20(23-21-24-25-22(31-21)30-16-18-7-3-1-4-8-18)15-17-9-11-19(12-10-17)32(28,29)26-13-5-2-6-14-26/h1,3-4,7-12H,2,5-6,13-16H2,(H,23,24,27). The van der Waals surface area contributed by atoms with Crippen LogP contribution in [0.1, 0.15) is 30.4 Å². The van der Waals surface area contributed by atoms with E-state index in [1.807, 2.05) is 18.2 Å². The van der Waals surface area contributed by atoms with Crippen LogP contribution in [0.5, 0.6) is 0 Å². The van der Waals surface area contributed by atoms with Gasteiger partial charge in [-0.1, -0.05) is 72.0 Å². The van der Waals surface area contributed by atoms with Crippen LogP contribution in [0.25, 0.3) is 0 Å². The Bertz CT molecular complexity index is 1140. The summed E-state index contributed by atoms with van der Waals surface area (Å²) >= 11 is 2.91. The summed E-state index contributed by atoms with van der Waals surface area (Å²) in [4.78, 5) is 12.7. The molecule has 0 atom stereocenters. The molecular formula is C22H24N4O3S3. The molecule has 3 aromatic rings. The van der Waals surface area contributed by atoms with E-state index in [4.69, 9.17) is 0 Å². The van der Waals surface area contributed by atoms with Crippen molar-refractivity contribution in [1.29, 1.82) is 0 Å². The molecule has 7 nitrogen and oxygen atoms in total.